The molecular weight excluding hydrogens is 703 g/mol. The number of aliphatic hydroxyl groups is 1. The second-order valence-corrected chi connectivity index (χ2v) is 14.7. The fourth-order valence-corrected chi connectivity index (χ4v) is 8.17. The first-order valence-electron chi connectivity index (χ1n) is 17.9. The van der Waals surface area contributed by atoms with E-state index in [4.69, 9.17) is 37.9 Å². The summed E-state index contributed by atoms with van der Waals surface area (Å²) in [5.41, 5.74) is 5.55. The fourth-order valence-electron chi connectivity index (χ4n) is 7.59. The van der Waals surface area contributed by atoms with Crippen molar-refractivity contribution in [2.45, 2.75) is 70.2 Å². The third-order valence-corrected chi connectivity index (χ3v) is 11.3. The Hall–Kier alpha value is -4.07. The van der Waals surface area contributed by atoms with Crippen LogP contribution in [0.3, 0.4) is 0 Å². The zero-order chi connectivity index (χ0) is 36.4. The summed E-state index contributed by atoms with van der Waals surface area (Å²) in [5.74, 6) is 1.11. The molecular formula is C38H44Cl2N8O4. The van der Waals surface area contributed by atoms with Crippen molar-refractivity contribution in [3.63, 3.8) is 0 Å². The van der Waals surface area contributed by atoms with Crippen LogP contribution in [0.5, 0.6) is 5.88 Å². The van der Waals surface area contributed by atoms with Gasteiger partial charge in [0.05, 0.1) is 46.0 Å². The minimum Gasteiger partial charge on any atom is -0.481 e. The molecule has 1 aromatic carbocycles. The molecule has 14 heteroatoms. The summed E-state index contributed by atoms with van der Waals surface area (Å²) >= 11 is 14.0. The number of benzene rings is 1. The Balaban J connectivity index is 1.05. The Labute approximate surface area is 313 Å². The standard InChI is InChI=1S/C38H44Cl2N8O4/c1-47-31-15-17-48(20-22-6-10-25(49)11-7-22)21-30(31)44-36(47)37(51)45-29-5-3-4-27(33(29)39)35-34(40)26(14-16-42-35)28-12-8-23(38(46-28)52-2)18-41-19-24-9-13-32(50)43-24/h3-5,8,12,14,16,22,24-25,41,49H,6-7,9-11,13,15,17-21H2,1-2H3,(H,43,50)(H,45,51)/t22?,24-,25?/m1/s1. The zero-order valence-electron chi connectivity index (χ0n) is 29.4. The van der Waals surface area contributed by atoms with Gasteiger partial charge in [-0.3, -0.25) is 19.5 Å². The molecule has 0 spiro atoms. The predicted octanol–water partition coefficient (Wildman–Crippen LogP) is 5.39. The molecule has 1 aliphatic carbocycles. The van der Waals surface area contributed by atoms with E-state index in [0.717, 1.165) is 68.6 Å². The smallest absolute Gasteiger partial charge is 0.291 e. The first-order valence-corrected chi connectivity index (χ1v) is 18.7. The molecule has 1 atom stereocenters. The number of aliphatic hydroxyl groups excluding tert-OH is 1. The number of pyridine rings is 2. The average molecular weight is 748 g/mol. The van der Waals surface area contributed by atoms with Gasteiger partial charge in [-0.15, -0.1) is 0 Å². The molecule has 3 aliphatic rings. The predicted molar refractivity (Wildman–Crippen MR) is 200 cm³/mol. The van der Waals surface area contributed by atoms with Crippen LogP contribution in [0.2, 0.25) is 10.0 Å². The number of anilines is 1. The Kier molecular flexibility index (Phi) is 11.1. The number of nitrogens with one attached hydrogen (secondary N) is 3. The van der Waals surface area contributed by atoms with Crippen molar-refractivity contribution in [3.05, 3.63) is 75.4 Å². The molecule has 2 fully saturated rings. The molecule has 0 radical (unpaired) electrons. The lowest BCUT2D eigenvalue weighted by Gasteiger charge is -2.33. The minimum atomic E-state index is -0.351. The summed E-state index contributed by atoms with van der Waals surface area (Å²) < 4.78 is 7.51. The lowest BCUT2D eigenvalue weighted by Crippen LogP contribution is -2.36. The molecule has 5 heterocycles. The number of hydrogen-bond acceptors (Lipinski definition) is 9. The second kappa shape index (κ2) is 15.9. The van der Waals surface area contributed by atoms with Crippen molar-refractivity contribution >= 4 is 40.7 Å². The van der Waals surface area contributed by atoms with Crippen molar-refractivity contribution in [1.29, 1.82) is 0 Å². The number of imidazole rings is 1. The van der Waals surface area contributed by atoms with Crippen molar-refractivity contribution < 1.29 is 19.4 Å². The molecule has 4 N–H and O–H groups in total. The highest BCUT2D eigenvalue weighted by Crippen LogP contribution is 2.40. The molecule has 1 saturated carbocycles. The molecule has 2 aliphatic heterocycles. The summed E-state index contributed by atoms with van der Waals surface area (Å²) in [4.78, 5) is 41.7. The van der Waals surface area contributed by atoms with Gasteiger partial charge in [0, 0.05) is 87.2 Å². The maximum Gasteiger partial charge on any atom is 0.291 e. The number of hydrogen-bond donors (Lipinski definition) is 4. The third kappa shape index (κ3) is 7.81. The van der Waals surface area contributed by atoms with Crippen molar-refractivity contribution in [2.75, 3.05) is 32.1 Å². The largest absolute Gasteiger partial charge is 0.481 e. The number of aromatic nitrogens is 4. The number of halogens is 2. The number of amides is 2. The van der Waals surface area contributed by atoms with Crippen molar-refractivity contribution in [1.82, 2.24) is 35.1 Å². The zero-order valence-corrected chi connectivity index (χ0v) is 30.9. The quantitative estimate of drug-likeness (QED) is 0.159. The van der Waals surface area contributed by atoms with E-state index >= 15 is 0 Å². The van der Waals surface area contributed by atoms with Gasteiger partial charge < -0.3 is 30.4 Å². The van der Waals surface area contributed by atoms with E-state index in [1.54, 1.807) is 31.5 Å². The Morgan fingerprint density at radius 2 is 1.87 bits per heavy atom. The maximum atomic E-state index is 13.6. The molecule has 12 nitrogen and oxygen atoms in total. The van der Waals surface area contributed by atoms with E-state index in [2.05, 4.69) is 25.8 Å². The van der Waals surface area contributed by atoms with Crippen LogP contribution in [0, 0.1) is 5.92 Å². The van der Waals surface area contributed by atoms with Gasteiger partial charge in [-0.25, -0.2) is 9.97 Å². The summed E-state index contributed by atoms with van der Waals surface area (Å²) in [6.45, 7) is 3.79. The molecule has 1 saturated heterocycles. The van der Waals surface area contributed by atoms with Crippen LogP contribution in [0.4, 0.5) is 5.69 Å². The van der Waals surface area contributed by atoms with Gasteiger partial charge in [-0.2, -0.15) is 0 Å². The van der Waals surface area contributed by atoms with Crippen LogP contribution in [-0.4, -0.2) is 80.2 Å². The highest BCUT2D eigenvalue weighted by Gasteiger charge is 2.29. The maximum absolute atomic E-state index is 13.6. The molecule has 0 bridgehead atoms. The van der Waals surface area contributed by atoms with Crippen LogP contribution < -0.4 is 20.7 Å². The second-order valence-electron chi connectivity index (χ2n) is 14.0. The van der Waals surface area contributed by atoms with Gasteiger partial charge in [-0.1, -0.05) is 41.4 Å². The van der Waals surface area contributed by atoms with E-state index in [1.807, 2.05) is 29.8 Å². The Morgan fingerprint density at radius 1 is 1.04 bits per heavy atom. The Bertz CT molecular complexity index is 1960. The number of carbonyl (C=O) groups excluding carboxylic acids is 2. The number of rotatable bonds is 11. The number of ether oxygens (including phenoxy) is 1. The van der Waals surface area contributed by atoms with Gasteiger partial charge in [-0.05, 0) is 56.2 Å². The summed E-state index contributed by atoms with van der Waals surface area (Å²) in [5, 5.41) is 19.9. The van der Waals surface area contributed by atoms with Crippen LogP contribution in [-0.2, 0) is 31.4 Å². The summed E-state index contributed by atoms with van der Waals surface area (Å²) in [6, 6.07) is 11.1. The van der Waals surface area contributed by atoms with E-state index in [-0.39, 0.29) is 24.0 Å². The lowest BCUT2D eigenvalue weighted by atomic mass is 9.87. The topological polar surface area (TPSA) is 147 Å². The van der Waals surface area contributed by atoms with Crippen molar-refractivity contribution in [3.8, 4) is 28.4 Å². The van der Waals surface area contributed by atoms with E-state index in [0.29, 0.717) is 81.9 Å². The van der Waals surface area contributed by atoms with Crippen LogP contribution in [0.15, 0.2) is 42.6 Å². The molecule has 274 valence electrons. The van der Waals surface area contributed by atoms with Gasteiger partial charge >= 0.3 is 0 Å². The van der Waals surface area contributed by atoms with Gasteiger partial charge in [0.1, 0.15) is 0 Å². The van der Waals surface area contributed by atoms with Crippen molar-refractivity contribution in [2.24, 2.45) is 13.0 Å². The molecule has 52 heavy (non-hydrogen) atoms. The lowest BCUT2D eigenvalue weighted by molar-refractivity contribution is -0.119. The number of fused-ring (bicyclic) bond motifs is 1. The SMILES string of the molecule is COc1nc(-c2ccnc(-c3cccc(NC(=O)c4nc5c(n4C)CCN(CC4CCC(O)CC4)C5)c3Cl)c2Cl)ccc1CNC[C@H]1CCC(=O)N1. The van der Waals surface area contributed by atoms with Gasteiger partial charge in [0.15, 0.2) is 5.82 Å². The van der Waals surface area contributed by atoms with Crippen LogP contribution in [0.1, 0.15) is 66.1 Å². The monoisotopic (exact) mass is 746 g/mol. The third-order valence-electron chi connectivity index (χ3n) is 10.5. The first kappa shape index (κ1) is 36.3. The highest BCUT2D eigenvalue weighted by atomic mass is 35.5. The fraction of sp³-hybridized carbons (Fsp3) is 0.447. The number of nitrogens with zero attached hydrogens (tertiary/aromatic N) is 5. The molecule has 4 aromatic rings. The van der Waals surface area contributed by atoms with Crippen LogP contribution >= 0.6 is 23.2 Å². The molecule has 2 amide bonds. The van der Waals surface area contributed by atoms with Gasteiger partial charge in [0.2, 0.25) is 11.8 Å². The van der Waals surface area contributed by atoms with E-state index in [1.165, 1.54) is 0 Å². The highest BCUT2D eigenvalue weighted by molar-refractivity contribution is 6.39. The summed E-state index contributed by atoms with van der Waals surface area (Å²) in [7, 11) is 3.46. The number of carbonyl (C=O) groups is 2. The normalized spacial score (nSPS) is 20.4. The van der Waals surface area contributed by atoms with Gasteiger partial charge in [0.25, 0.3) is 5.91 Å². The first-order chi connectivity index (χ1) is 25.2. The average Bonchev–Trinajstić information content (AvgIpc) is 3.72. The molecule has 0 unspecified atom stereocenters. The minimum absolute atomic E-state index is 0.0880. The van der Waals surface area contributed by atoms with E-state index in [9.17, 15) is 14.7 Å². The molecule has 3 aromatic heterocycles. The summed E-state index contributed by atoms with van der Waals surface area (Å²) in [6.07, 6.45) is 7.54. The Morgan fingerprint density at radius 3 is 2.63 bits per heavy atom. The number of methoxy groups -OCH3 is 1. The van der Waals surface area contributed by atoms with E-state index < -0.39 is 0 Å². The van der Waals surface area contributed by atoms with Crippen LogP contribution in [0.25, 0.3) is 22.5 Å². The molecule has 7 rings (SSSR count).